The third-order valence-corrected chi connectivity index (χ3v) is 6.20. The van der Waals surface area contributed by atoms with Crippen molar-refractivity contribution in [1.82, 2.24) is 35.2 Å². The number of nitrogens with one attached hydrogen (secondary N) is 1. The van der Waals surface area contributed by atoms with Gasteiger partial charge in [-0.1, -0.05) is 78.9 Å². The normalized spacial score (nSPS) is 11.3. The number of fused-ring (bicyclic) bond motifs is 1. The lowest BCUT2D eigenvalue weighted by Crippen LogP contribution is -1.98. The molecule has 0 unspecified atom stereocenters. The molecule has 0 aliphatic heterocycles. The average Bonchev–Trinajstić information content (AvgIpc) is 3.54. The van der Waals surface area contributed by atoms with E-state index in [0.717, 1.165) is 57.0 Å². The first-order valence-electron chi connectivity index (χ1n) is 11.5. The number of H-pyrrole nitrogens is 1. The van der Waals surface area contributed by atoms with E-state index < -0.39 is 0 Å². The molecule has 6 aromatic rings. The Labute approximate surface area is 202 Å². The van der Waals surface area contributed by atoms with Crippen LogP contribution in [-0.4, -0.2) is 35.2 Å². The van der Waals surface area contributed by atoms with Crippen LogP contribution in [0.3, 0.4) is 0 Å². The summed E-state index contributed by atoms with van der Waals surface area (Å²) in [6.07, 6.45) is 0.733. The summed E-state index contributed by atoms with van der Waals surface area (Å²) in [6, 6.07) is 29.1. The number of benzene rings is 3. The largest absolute Gasteiger partial charge is 0.234 e. The Morgan fingerprint density at radius 3 is 2.29 bits per heavy atom. The van der Waals surface area contributed by atoms with Gasteiger partial charge in [-0.3, -0.25) is 0 Å². The first kappa shape index (κ1) is 20.9. The quantitative estimate of drug-likeness (QED) is 0.372. The maximum atomic E-state index is 4.96. The van der Waals surface area contributed by atoms with Gasteiger partial charge >= 0.3 is 0 Å². The highest BCUT2D eigenvalue weighted by Crippen LogP contribution is 2.32. The van der Waals surface area contributed by atoms with E-state index in [0.29, 0.717) is 5.82 Å². The van der Waals surface area contributed by atoms with Gasteiger partial charge in [-0.15, -0.1) is 10.2 Å². The van der Waals surface area contributed by atoms with Gasteiger partial charge in [-0.2, -0.15) is 10.3 Å². The summed E-state index contributed by atoms with van der Waals surface area (Å²) in [7, 11) is 0. The van der Waals surface area contributed by atoms with E-state index in [9.17, 15) is 0 Å². The van der Waals surface area contributed by atoms with E-state index in [-0.39, 0.29) is 0 Å². The Balaban J connectivity index is 1.41. The van der Waals surface area contributed by atoms with E-state index >= 15 is 0 Å². The van der Waals surface area contributed by atoms with Gasteiger partial charge in [0.25, 0.3) is 0 Å². The molecule has 3 aromatic heterocycles. The second-order valence-electron chi connectivity index (χ2n) is 8.62. The Morgan fingerprint density at radius 2 is 1.54 bits per heavy atom. The number of hydrogen-bond acceptors (Lipinski definition) is 5. The van der Waals surface area contributed by atoms with Crippen molar-refractivity contribution in [3.8, 4) is 33.8 Å². The van der Waals surface area contributed by atoms with Crippen LogP contribution in [0.5, 0.6) is 0 Å². The molecule has 0 fully saturated rings. The molecule has 7 heteroatoms. The molecule has 0 bridgehead atoms. The summed E-state index contributed by atoms with van der Waals surface area (Å²) >= 11 is 0. The molecule has 0 saturated heterocycles. The molecule has 0 aliphatic rings. The first-order chi connectivity index (χ1) is 17.2. The predicted octanol–water partition coefficient (Wildman–Crippen LogP) is 5.45. The Morgan fingerprint density at radius 1 is 0.800 bits per heavy atom. The fourth-order valence-electron chi connectivity index (χ4n) is 4.57. The van der Waals surface area contributed by atoms with Crippen molar-refractivity contribution in [2.24, 2.45) is 0 Å². The van der Waals surface area contributed by atoms with E-state index in [4.69, 9.17) is 10.1 Å². The van der Waals surface area contributed by atoms with Gasteiger partial charge in [-0.05, 0) is 41.8 Å². The Bertz CT molecular complexity index is 1620. The van der Waals surface area contributed by atoms with Gasteiger partial charge in [0.2, 0.25) is 5.82 Å². The maximum Gasteiger partial charge on any atom is 0.205 e. The van der Waals surface area contributed by atoms with Gasteiger partial charge in [0.1, 0.15) is 0 Å². The fourth-order valence-corrected chi connectivity index (χ4v) is 4.57. The minimum absolute atomic E-state index is 0.584. The lowest BCUT2D eigenvalue weighted by Gasteiger charge is -2.09. The highest BCUT2D eigenvalue weighted by Gasteiger charge is 2.18. The number of nitrogens with zero attached hydrogens (tertiary/aromatic N) is 6. The first-order valence-corrected chi connectivity index (χ1v) is 11.5. The number of aryl methyl sites for hydroxylation is 2. The van der Waals surface area contributed by atoms with Crippen LogP contribution < -0.4 is 0 Å². The summed E-state index contributed by atoms with van der Waals surface area (Å²) in [4.78, 5) is 4.86. The molecular formula is C28H23N7. The monoisotopic (exact) mass is 457 g/mol. The number of aromatic amines is 1. The van der Waals surface area contributed by atoms with Gasteiger partial charge in [0, 0.05) is 34.5 Å². The zero-order valence-corrected chi connectivity index (χ0v) is 19.5. The van der Waals surface area contributed by atoms with E-state index in [1.54, 1.807) is 0 Å². The second kappa shape index (κ2) is 8.61. The molecule has 0 spiro atoms. The molecule has 35 heavy (non-hydrogen) atoms. The molecule has 0 saturated carbocycles. The van der Waals surface area contributed by atoms with Crippen LogP contribution in [0.2, 0.25) is 0 Å². The molecule has 6 rings (SSSR count). The van der Waals surface area contributed by atoms with Crippen LogP contribution in [0.25, 0.3) is 39.4 Å². The zero-order chi connectivity index (χ0) is 23.8. The zero-order valence-electron chi connectivity index (χ0n) is 19.5. The Hall–Kier alpha value is -4.65. The maximum absolute atomic E-state index is 4.96. The van der Waals surface area contributed by atoms with E-state index in [1.807, 2.05) is 47.8 Å². The smallest absolute Gasteiger partial charge is 0.205 e. The van der Waals surface area contributed by atoms with Gasteiger partial charge in [-0.25, -0.2) is 9.50 Å². The SMILES string of the molecule is Cc1cc(C)n2nc(-c3ccccc3)c(Cc3ccc(-c4ccccc4-c4nn[nH]n4)cc3)c2n1. The highest BCUT2D eigenvalue weighted by atomic mass is 15.5. The van der Waals surface area contributed by atoms with Crippen molar-refractivity contribution >= 4 is 5.65 Å². The van der Waals surface area contributed by atoms with E-state index in [2.05, 4.69) is 76.1 Å². The van der Waals surface area contributed by atoms with Crippen LogP contribution in [0.4, 0.5) is 0 Å². The van der Waals surface area contributed by atoms with Crippen LogP contribution in [0, 0.1) is 13.8 Å². The Kier molecular flexibility index (Phi) is 5.15. The fraction of sp³-hybridized carbons (Fsp3) is 0.107. The van der Waals surface area contributed by atoms with Crippen LogP contribution in [-0.2, 0) is 6.42 Å². The third kappa shape index (κ3) is 3.87. The molecule has 0 amide bonds. The van der Waals surface area contributed by atoms with Crippen LogP contribution >= 0.6 is 0 Å². The average molecular weight is 458 g/mol. The topological polar surface area (TPSA) is 84.6 Å². The van der Waals surface area contributed by atoms with Crippen molar-refractivity contribution in [3.05, 3.63) is 107 Å². The van der Waals surface area contributed by atoms with Crippen molar-refractivity contribution in [2.45, 2.75) is 20.3 Å². The lowest BCUT2D eigenvalue weighted by atomic mass is 9.96. The standard InChI is InChI=1S/C28H23N7/c1-18-16-19(2)35-28(29-18)25(26(32-35)22-8-4-3-5-9-22)17-20-12-14-21(15-13-20)23-10-6-7-11-24(23)27-30-33-34-31-27/h3-16H,17H2,1-2H3,(H,30,31,33,34). The molecule has 7 nitrogen and oxygen atoms in total. The van der Waals surface area contributed by atoms with Crippen molar-refractivity contribution in [1.29, 1.82) is 0 Å². The third-order valence-electron chi connectivity index (χ3n) is 6.20. The highest BCUT2D eigenvalue weighted by molar-refractivity contribution is 5.80. The molecule has 1 N–H and O–H groups in total. The second-order valence-corrected chi connectivity index (χ2v) is 8.62. The summed E-state index contributed by atoms with van der Waals surface area (Å²) in [5, 5.41) is 19.5. The number of hydrogen-bond donors (Lipinski definition) is 1. The summed E-state index contributed by atoms with van der Waals surface area (Å²) < 4.78 is 1.96. The summed E-state index contributed by atoms with van der Waals surface area (Å²) in [6.45, 7) is 4.10. The van der Waals surface area contributed by atoms with Gasteiger partial charge in [0.05, 0.1) is 5.69 Å². The predicted molar refractivity (Wildman–Crippen MR) is 136 cm³/mol. The minimum atomic E-state index is 0.584. The summed E-state index contributed by atoms with van der Waals surface area (Å²) in [5.74, 6) is 0.584. The number of rotatable bonds is 5. The van der Waals surface area contributed by atoms with Gasteiger partial charge < -0.3 is 0 Å². The van der Waals surface area contributed by atoms with Crippen molar-refractivity contribution in [3.63, 3.8) is 0 Å². The number of tetrazole rings is 1. The van der Waals surface area contributed by atoms with Crippen LogP contribution in [0.15, 0.2) is 84.9 Å². The molecule has 3 heterocycles. The minimum Gasteiger partial charge on any atom is -0.234 e. The molecule has 170 valence electrons. The van der Waals surface area contributed by atoms with Crippen LogP contribution in [0.1, 0.15) is 22.5 Å². The van der Waals surface area contributed by atoms with Crippen molar-refractivity contribution in [2.75, 3.05) is 0 Å². The lowest BCUT2D eigenvalue weighted by molar-refractivity contribution is 0.881. The summed E-state index contributed by atoms with van der Waals surface area (Å²) in [5.41, 5.74) is 10.5. The molecule has 0 aliphatic carbocycles. The molecular weight excluding hydrogens is 434 g/mol. The van der Waals surface area contributed by atoms with Gasteiger partial charge in [0.15, 0.2) is 5.65 Å². The molecule has 0 radical (unpaired) electrons. The van der Waals surface area contributed by atoms with Crippen molar-refractivity contribution < 1.29 is 0 Å². The molecule has 0 atom stereocenters. The number of aromatic nitrogens is 7. The van der Waals surface area contributed by atoms with E-state index in [1.165, 1.54) is 5.56 Å². The molecule has 3 aromatic carbocycles.